The Hall–Kier alpha value is -0.633. The van der Waals surface area contributed by atoms with Crippen molar-refractivity contribution in [2.45, 2.75) is 89.9 Å². The summed E-state index contributed by atoms with van der Waals surface area (Å²) in [4.78, 5) is 12.7. The summed E-state index contributed by atoms with van der Waals surface area (Å²) in [6.45, 7) is 17.6. The minimum absolute atomic E-state index is 0.264. The number of carbonyl (C=O) groups is 1. The Morgan fingerprint density at radius 1 is 1.19 bits per heavy atom. The van der Waals surface area contributed by atoms with Gasteiger partial charge in [-0.1, -0.05) is 91.3 Å². The number of unbranched alkanes of at least 4 members (excludes halogenated alkanes) is 3. The fourth-order valence-corrected chi connectivity index (χ4v) is 5.54. The Morgan fingerprint density at radius 3 is 2.29 bits per heavy atom. The third-order valence-corrected chi connectivity index (χ3v) is 11.3. The van der Waals surface area contributed by atoms with Crippen LogP contribution in [0.4, 0.5) is 0 Å². The second-order valence-electron chi connectivity index (χ2n) is 7.71. The SMILES string of the molecule is C=C/C=C/CC(=O)C(CCCCCC)[Si](C)(C)C(C)(C)C. The average molecular weight is 309 g/mol. The Bertz CT molecular complexity index is 347. The molecule has 1 nitrogen and oxygen atoms in total. The van der Waals surface area contributed by atoms with Gasteiger partial charge in [0.15, 0.2) is 0 Å². The molecule has 0 N–H and O–H groups in total. The molecule has 0 heterocycles. The van der Waals surface area contributed by atoms with Gasteiger partial charge in [-0.15, -0.1) is 0 Å². The second kappa shape index (κ2) is 9.40. The van der Waals surface area contributed by atoms with Crippen LogP contribution in [-0.4, -0.2) is 13.9 Å². The lowest BCUT2D eigenvalue weighted by Gasteiger charge is -2.42. The number of allylic oxidation sites excluding steroid dienone is 3. The number of Topliss-reactive ketones (excluding diaryl/α,β-unsaturated/α-hetero) is 1. The summed E-state index contributed by atoms with van der Waals surface area (Å²) in [5.74, 6) is 0.441. The van der Waals surface area contributed by atoms with Crippen LogP contribution in [0.3, 0.4) is 0 Å². The van der Waals surface area contributed by atoms with E-state index >= 15 is 0 Å². The first-order valence-corrected chi connectivity index (χ1v) is 11.6. The first kappa shape index (κ1) is 20.4. The first-order valence-electron chi connectivity index (χ1n) is 8.48. The molecule has 0 aromatic rings. The normalized spacial score (nSPS) is 14.4. The quantitative estimate of drug-likeness (QED) is 0.254. The molecule has 0 radical (unpaired) electrons. The van der Waals surface area contributed by atoms with Crippen molar-refractivity contribution < 1.29 is 4.79 Å². The van der Waals surface area contributed by atoms with Crippen LogP contribution in [0.15, 0.2) is 24.8 Å². The minimum atomic E-state index is -1.63. The van der Waals surface area contributed by atoms with E-state index in [2.05, 4.69) is 47.4 Å². The fourth-order valence-electron chi connectivity index (χ4n) is 2.64. The van der Waals surface area contributed by atoms with E-state index in [1.54, 1.807) is 6.08 Å². The van der Waals surface area contributed by atoms with Gasteiger partial charge in [0.1, 0.15) is 5.78 Å². The molecule has 0 saturated carbocycles. The zero-order chi connectivity index (χ0) is 16.5. The van der Waals surface area contributed by atoms with Gasteiger partial charge in [-0.25, -0.2) is 0 Å². The van der Waals surface area contributed by atoms with Crippen LogP contribution in [-0.2, 0) is 4.79 Å². The predicted octanol–water partition coefficient (Wildman–Crippen LogP) is 6.54. The van der Waals surface area contributed by atoms with Crippen LogP contribution < -0.4 is 0 Å². The highest BCUT2D eigenvalue weighted by Gasteiger charge is 2.44. The highest BCUT2D eigenvalue weighted by Crippen LogP contribution is 2.46. The topological polar surface area (TPSA) is 17.1 Å². The van der Waals surface area contributed by atoms with E-state index in [1.165, 1.54) is 25.7 Å². The molecule has 0 amide bonds. The third-order valence-electron chi connectivity index (χ3n) is 5.13. The average Bonchev–Trinajstić information content (AvgIpc) is 2.37. The zero-order valence-electron chi connectivity index (χ0n) is 15.2. The summed E-state index contributed by atoms with van der Waals surface area (Å²) < 4.78 is 0. The van der Waals surface area contributed by atoms with Gasteiger partial charge in [-0.05, 0) is 11.5 Å². The molecule has 0 aromatic heterocycles. The van der Waals surface area contributed by atoms with Gasteiger partial charge in [-0.2, -0.15) is 0 Å². The smallest absolute Gasteiger partial charge is 0.137 e. The molecule has 21 heavy (non-hydrogen) atoms. The Morgan fingerprint density at radius 2 is 1.81 bits per heavy atom. The van der Waals surface area contributed by atoms with Crippen molar-refractivity contribution in [3.8, 4) is 0 Å². The van der Waals surface area contributed by atoms with Crippen LogP contribution in [0.2, 0.25) is 23.7 Å². The number of ketones is 1. The summed E-state index contributed by atoms with van der Waals surface area (Å²) in [5.41, 5.74) is 0.281. The number of rotatable bonds is 10. The molecule has 2 heteroatoms. The molecule has 0 aromatic carbocycles. The molecular formula is C19H36OSi. The molecule has 0 saturated heterocycles. The monoisotopic (exact) mass is 308 g/mol. The molecule has 0 bridgehead atoms. The van der Waals surface area contributed by atoms with Gasteiger partial charge in [0.05, 0.1) is 8.07 Å². The first-order chi connectivity index (χ1) is 9.68. The number of carbonyl (C=O) groups excluding carboxylic acids is 1. The van der Waals surface area contributed by atoms with Gasteiger partial charge in [0.2, 0.25) is 0 Å². The summed E-state index contributed by atoms with van der Waals surface area (Å²) >= 11 is 0. The maximum Gasteiger partial charge on any atom is 0.137 e. The predicted molar refractivity (Wildman–Crippen MR) is 98.7 cm³/mol. The van der Waals surface area contributed by atoms with E-state index in [0.717, 1.165) is 6.42 Å². The zero-order valence-corrected chi connectivity index (χ0v) is 16.2. The Kier molecular flexibility index (Phi) is 9.11. The molecule has 1 unspecified atom stereocenters. The third kappa shape index (κ3) is 6.77. The highest BCUT2D eigenvalue weighted by atomic mass is 28.3. The van der Waals surface area contributed by atoms with E-state index in [9.17, 15) is 4.79 Å². The van der Waals surface area contributed by atoms with Crippen molar-refractivity contribution in [1.82, 2.24) is 0 Å². The lowest BCUT2D eigenvalue weighted by Crippen LogP contribution is -2.45. The number of hydrogen-bond donors (Lipinski definition) is 0. The van der Waals surface area contributed by atoms with Gasteiger partial charge >= 0.3 is 0 Å². The molecule has 0 aliphatic heterocycles. The van der Waals surface area contributed by atoms with Crippen molar-refractivity contribution in [3.63, 3.8) is 0 Å². The van der Waals surface area contributed by atoms with Gasteiger partial charge in [0, 0.05) is 12.0 Å². The summed E-state index contributed by atoms with van der Waals surface area (Å²) in [6.07, 6.45) is 12.2. The van der Waals surface area contributed by atoms with Crippen molar-refractivity contribution in [1.29, 1.82) is 0 Å². The second-order valence-corrected chi connectivity index (χ2v) is 13.3. The minimum Gasteiger partial charge on any atom is -0.299 e. The van der Waals surface area contributed by atoms with Gasteiger partial charge < -0.3 is 0 Å². The maximum atomic E-state index is 12.7. The summed E-state index contributed by atoms with van der Waals surface area (Å²) in [5, 5.41) is 0.264. The van der Waals surface area contributed by atoms with Crippen LogP contribution in [0.25, 0.3) is 0 Å². The van der Waals surface area contributed by atoms with Gasteiger partial charge in [-0.3, -0.25) is 4.79 Å². The fraction of sp³-hybridized carbons (Fsp3) is 0.737. The van der Waals surface area contributed by atoms with Crippen LogP contribution >= 0.6 is 0 Å². The van der Waals surface area contributed by atoms with Crippen LogP contribution in [0, 0.1) is 0 Å². The van der Waals surface area contributed by atoms with Crippen LogP contribution in [0.1, 0.15) is 66.2 Å². The maximum absolute atomic E-state index is 12.7. The highest BCUT2D eigenvalue weighted by molar-refractivity contribution is 6.84. The Balaban J connectivity index is 4.95. The van der Waals surface area contributed by atoms with E-state index in [0.29, 0.717) is 12.2 Å². The molecular weight excluding hydrogens is 272 g/mol. The molecule has 0 aliphatic rings. The standard InChI is InChI=1S/C19H36OSi/c1-8-10-12-14-16-18(17(20)15-13-11-9-2)21(6,7)19(3,4)5/h9,11,13,18H,2,8,10,12,14-16H2,1,3-7H3/b13-11+. The van der Waals surface area contributed by atoms with Crippen LogP contribution in [0.5, 0.6) is 0 Å². The van der Waals surface area contributed by atoms with E-state index in [1.807, 2.05) is 12.2 Å². The lowest BCUT2D eigenvalue weighted by molar-refractivity contribution is -0.118. The van der Waals surface area contributed by atoms with Crippen molar-refractivity contribution in [2.24, 2.45) is 0 Å². The molecule has 0 rings (SSSR count). The molecule has 0 aliphatic carbocycles. The van der Waals surface area contributed by atoms with E-state index in [4.69, 9.17) is 0 Å². The largest absolute Gasteiger partial charge is 0.299 e. The van der Waals surface area contributed by atoms with Crippen molar-refractivity contribution >= 4 is 13.9 Å². The Labute approximate surface area is 133 Å². The lowest BCUT2D eigenvalue weighted by atomic mass is 10.1. The summed E-state index contributed by atoms with van der Waals surface area (Å²) in [6, 6.07) is 0. The van der Waals surface area contributed by atoms with Crippen molar-refractivity contribution in [2.75, 3.05) is 0 Å². The summed E-state index contributed by atoms with van der Waals surface area (Å²) in [7, 11) is -1.63. The van der Waals surface area contributed by atoms with E-state index < -0.39 is 8.07 Å². The molecule has 0 spiro atoms. The van der Waals surface area contributed by atoms with Crippen molar-refractivity contribution in [3.05, 3.63) is 24.8 Å². The molecule has 122 valence electrons. The number of hydrogen-bond acceptors (Lipinski definition) is 1. The molecule has 1 atom stereocenters. The molecule has 0 fully saturated rings. The van der Waals surface area contributed by atoms with Gasteiger partial charge in [0.25, 0.3) is 0 Å². The van der Waals surface area contributed by atoms with E-state index in [-0.39, 0.29) is 10.6 Å².